The van der Waals surface area contributed by atoms with E-state index in [0.29, 0.717) is 18.2 Å². The molecule has 4 rings (SSSR count). The number of nitrogens with zero attached hydrogens (tertiary/aromatic N) is 2. The molecule has 2 heterocycles. The molecule has 6 nitrogen and oxygen atoms in total. The molecule has 0 radical (unpaired) electrons. The number of likely N-dealkylation sites (tertiary alicyclic amines) is 1. The zero-order chi connectivity index (χ0) is 16.9. The zero-order valence-electron chi connectivity index (χ0n) is 14.1. The molecule has 1 aliphatic heterocycles. The van der Waals surface area contributed by atoms with Gasteiger partial charge in [0.15, 0.2) is 11.5 Å². The fraction of sp³-hybridized carbons (Fsp3) is 0.556. The van der Waals surface area contributed by atoms with Crippen LogP contribution in [0.3, 0.4) is 0 Å². The number of carbonyl (C=O) groups is 1. The van der Waals surface area contributed by atoms with E-state index >= 15 is 0 Å². The van der Waals surface area contributed by atoms with Gasteiger partial charge in [0.2, 0.25) is 0 Å². The van der Waals surface area contributed by atoms with Gasteiger partial charge >= 0.3 is 6.03 Å². The molecule has 1 saturated heterocycles. The van der Waals surface area contributed by atoms with Gasteiger partial charge in [-0.3, -0.25) is 0 Å². The third-order valence-electron chi connectivity index (χ3n) is 4.91. The average molecular weight is 329 g/mol. The van der Waals surface area contributed by atoms with Gasteiger partial charge in [0, 0.05) is 18.2 Å². The summed E-state index contributed by atoms with van der Waals surface area (Å²) in [5, 5.41) is 13.2. The van der Waals surface area contributed by atoms with Crippen molar-refractivity contribution in [2.24, 2.45) is 0 Å². The van der Waals surface area contributed by atoms with E-state index in [2.05, 4.69) is 10.3 Å². The normalized spacial score (nSPS) is 21.5. The number of aromatic nitrogens is 1. The van der Waals surface area contributed by atoms with E-state index in [0.717, 1.165) is 42.7 Å². The van der Waals surface area contributed by atoms with E-state index < -0.39 is 5.60 Å². The summed E-state index contributed by atoms with van der Waals surface area (Å²) in [4.78, 5) is 18.8. The predicted octanol–water partition coefficient (Wildman–Crippen LogP) is 3.47. The van der Waals surface area contributed by atoms with Crippen molar-refractivity contribution in [3.63, 3.8) is 0 Å². The third kappa shape index (κ3) is 2.86. The Bertz CT molecular complexity index is 773. The number of rotatable bonds is 3. The van der Waals surface area contributed by atoms with Crippen molar-refractivity contribution in [1.29, 1.82) is 0 Å². The van der Waals surface area contributed by atoms with Crippen LogP contribution >= 0.6 is 0 Å². The molecule has 1 aromatic carbocycles. The van der Waals surface area contributed by atoms with Crippen LogP contribution in [0.1, 0.15) is 51.3 Å². The standard InChI is InChI=1S/C18H23N3O3/c1-18(2,23)15-4-3-9-21(15)17(22)19-12-7-8-14-13(10-12)20-16(24-14)11-5-6-11/h7-8,10-11,15,23H,3-6,9H2,1-2H3,(H,19,22)/t15-/m0/s1. The molecule has 2 aromatic rings. The van der Waals surface area contributed by atoms with Crippen LogP contribution in [0.4, 0.5) is 10.5 Å². The van der Waals surface area contributed by atoms with Crippen molar-refractivity contribution in [2.45, 2.75) is 57.1 Å². The lowest BCUT2D eigenvalue weighted by molar-refractivity contribution is 0.0117. The lowest BCUT2D eigenvalue weighted by Crippen LogP contribution is -2.49. The first-order chi connectivity index (χ1) is 11.4. The van der Waals surface area contributed by atoms with Crippen LogP contribution in [0.2, 0.25) is 0 Å². The van der Waals surface area contributed by atoms with Gasteiger partial charge < -0.3 is 19.7 Å². The highest BCUT2D eigenvalue weighted by molar-refractivity contribution is 5.92. The molecule has 2 aliphatic rings. The maximum absolute atomic E-state index is 12.6. The SMILES string of the molecule is CC(C)(O)[C@@H]1CCCN1C(=O)Nc1ccc2oc(C3CC3)nc2c1. The second-order valence-corrected chi connectivity index (χ2v) is 7.44. The van der Waals surface area contributed by atoms with Crippen molar-refractivity contribution in [3.05, 3.63) is 24.1 Å². The highest BCUT2D eigenvalue weighted by atomic mass is 16.3. The number of amides is 2. The minimum Gasteiger partial charge on any atom is -0.440 e. The van der Waals surface area contributed by atoms with Crippen LogP contribution in [0.15, 0.2) is 22.6 Å². The molecule has 2 N–H and O–H groups in total. The van der Waals surface area contributed by atoms with Crippen molar-refractivity contribution in [2.75, 3.05) is 11.9 Å². The maximum Gasteiger partial charge on any atom is 0.322 e. The first kappa shape index (κ1) is 15.4. The second kappa shape index (κ2) is 5.48. The Morgan fingerprint density at radius 2 is 2.17 bits per heavy atom. The number of hydrogen-bond acceptors (Lipinski definition) is 4. The van der Waals surface area contributed by atoms with Gasteiger partial charge in [-0.25, -0.2) is 9.78 Å². The Kier molecular flexibility index (Phi) is 3.53. The number of urea groups is 1. The second-order valence-electron chi connectivity index (χ2n) is 7.44. The van der Waals surface area contributed by atoms with E-state index in [1.807, 2.05) is 18.2 Å². The molecule has 24 heavy (non-hydrogen) atoms. The van der Waals surface area contributed by atoms with Gasteiger partial charge in [0.05, 0.1) is 11.6 Å². The first-order valence-electron chi connectivity index (χ1n) is 8.62. The Balaban J connectivity index is 1.51. The van der Waals surface area contributed by atoms with E-state index in [9.17, 15) is 9.90 Å². The summed E-state index contributed by atoms with van der Waals surface area (Å²) in [5.74, 6) is 1.27. The highest BCUT2D eigenvalue weighted by Gasteiger charge is 2.38. The molecular formula is C18H23N3O3. The Morgan fingerprint density at radius 1 is 1.38 bits per heavy atom. The van der Waals surface area contributed by atoms with Crippen LogP contribution in [-0.4, -0.2) is 39.2 Å². The molecule has 2 amide bonds. The van der Waals surface area contributed by atoms with Crippen molar-refractivity contribution in [3.8, 4) is 0 Å². The lowest BCUT2D eigenvalue weighted by atomic mass is 9.97. The molecule has 0 unspecified atom stereocenters. The molecular weight excluding hydrogens is 306 g/mol. The number of anilines is 1. The number of carbonyl (C=O) groups excluding carboxylic acids is 1. The Morgan fingerprint density at radius 3 is 2.88 bits per heavy atom. The monoisotopic (exact) mass is 329 g/mol. The Labute approximate surface area is 140 Å². The smallest absolute Gasteiger partial charge is 0.322 e. The Hall–Kier alpha value is -2.08. The van der Waals surface area contributed by atoms with Gasteiger partial charge in [-0.05, 0) is 57.7 Å². The molecule has 128 valence electrons. The van der Waals surface area contributed by atoms with Crippen LogP contribution in [0.5, 0.6) is 0 Å². The summed E-state index contributed by atoms with van der Waals surface area (Å²) in [5.41, 5.74) is 1.33. The number of benzene rings is 1. The molecule has 2 fully saturated rings. The average Bonchev–Trinajstić information content (AvgIpc) is 3.09. The number of fused-ring (bicyclic) bond motifs is 1. The van der Waals surface area contributed by atoms with Crippen molar-refractivity contribution >= 4 is 22.8 Å². The van der Waals surface area contributed by atoms with Crippen LogP contribution < -0.4 is 5.32 Å². The summed E-state index contributed by atoms with van der Waals surface area (Å²) in [6, 6.07) is 5.19. The summed E-state index contributed by atoms with van der Waals surface area (Å²) < 4.78 is 5.75. The zero-order valence-corrected chi connectivity index (χ0v) is 14.1. The molecule has 6 heteroatoms. The molecule has 1 atom stereocenters. The maximum atomic E-state index is 12.6. The fourth-order valence-corrected chi connectivity index (χ4v) is 3.47. The largest absolute Gasteiger partial charge is 0.440 e. The molecule has 1 aliphatic carbocycles. The number of nitrogens with one attached hydrogen (secondary N) is 1. The predicted molar refractivity (Wildman–Crippen MR) is 91.0 cm³/mol. The van der Waals surface area contributed by atoms with E-state index in [1.165, 1.54) is 0 Å². The fourth-order valence-electron chi connectivity index (χ4n) is 3.47. The lowest BCUT2D eigenvalue weighted by Gasteiger charge is -2.33. The van der Waals surface area contributed by atoms with Gasteiger partial charge in [-0.15, -0.1) is 0 Å². The number of oxazole rings is 1. The van der Waals surface area contributed by atoms with Gasteiger partial charge in [-0.2, -0.15) is 0 Å². The quantitative estimate of drug-likeness (QED) is 0.904. The molecule has 1 aromatic heterocycles. The van der Waals surface area contributed by atoms with E-state index in [1.54, 1.807) is 18.7 Å². The number of aliphatic hydroxyl groups is 1. The molecule has 1 saturated carbocycles. The number of hydrogen-bond donors (Lipinski definition) is 2. The van der Waals surface area contributed by atoms with Gasteiger partial charge in [-0.1, -0.05) is 0 Å². The molecule has 0 bridgehead atoms. The van der Waals surface area contributed by atoms with Crippen molar-refractivity contribution in [1.82, 2.24) is 9.88 Å². The summed E-state index contributed by atoms with van der Waals surface area (Å²) in [6.45, 7) is 4.17. The van der Waals surface area contributed by atoms with Crippen LogP contribution in [-0.2, 0) is 0 Å². The topological polar surface area (TPSA) is 78.6 Å². The van der Waals surface area contributed by atoms with Gasteiger partial charge in [0.1, 0.15) is 5.52 Å². The van der Waals surface area contributed by atoms with Crippen molar-refractivity contribution < 1.29 is 14.3 Å². The van der Waals surface area contributed by atoms with Crippen LogP contribution in [0, 0.1) is 0 Å². The molecule has 0 spiro atoms. The highest BCUT2D eigenvalue weighted by Crippen LogP contribution is 2.40. The third-order valence-corrected chi connectivity index (χ3v) is 4.91. The minimum absolute atomic E-state index is 0.158. The van der Waals surface area contributed by atoms with Gasteiger partial charge in [0.25, 0.3) is 0 Å². The van der Waals surface area contributed by atoms with Crippen LogP contribution in [0.25, 0.3) is 11.1 Å². The van der Waals surface area contributed by atoms with E-state index in [-0.39, 0.29) is 12.1 Å². The van der Waals surface area contributed by atoms with E-state index in [4.69, 9.17) is 4.42 Å². The summed E-state index contributed by atoms with van der Waals surface area (Å²) in [6.07, 6.45) is 4.02. The summed E-state index contributed by atoms with van der Waals surface area (Å²) >= 11 is 0. The minimum atomic E-state index is -0.900. The summed E-state index contributed by atoms with van der Waals surface area (Å²) in [7, 11) is 0. The first-order valence-corrected chi connectivity index (χ1v) is 8.62.